The Labute approximate surface area is 325 Å². The zero-order valence-electron chi connectivity index (χ0n) is 33.4. The highest BCUT2D eigenvalue weighted by Crippen LogP contribution is 2.48. The second-order valence-corrected chi connectivity index (χ2v) is 17.4. The van der Waals surface area contributed by atoms with E-state index in [2.05, 4.69) is 32.0 Å². The lowest BCUT2D eigenvalue weighted by Crippen LogP contribution is -2.57. The van der Waals surface area contributed by atoms with Crippen LogP contribution in [0.3, 0.4) is 0 Å². The van der Waals surface area contributed by atoms with Crippen LogP contribution in [0.25, 0.3) is 0 Å². The summed E-state index contributed by atoms with van der Waals surface area (Å²) in [6.07, 6.45) is 14.4. The molecule has 12 nitrogen and oxygen atoms in total. The molecule has 306 valence electrons. The van der Waals surface area contributed by atoms with Crippen molar-refractivity contribution in [2.75, 3.05) is 13.7 Å². The molecule has 14 atom stereocenters. The standard InChI is InChI=1S/C43H63NO11/c1-24-11-10-14-30-23-50-40-36(44-48)27(4)19-33(43(30,40)47)41(46)52-32-20-31(16-15-25(2)38(24)53-35-21-34(49-6)37(45)28(5)51-35)54-42(22-32)18-17-26(3)39(55-42)29-12-8-7-9-13-29/h10-11,14-15,19,24,26,28-29,31-35,37-40,45,47-48H,7-9,12-13,16-18,20-23H2,1-6H3/b11-10+,25-15+,30-14+,44-36+. The number of aliphatic hydroxyl groups excluding tert-OH is 1. The maximum Gasteiger partial charge on any atom is 0.316 e. The van der Waals surface area contributed by atoms with Gasteiger partial charge in [-0.2, -0.15) is 0 Å². The summed E-state index contributed by atoms with van der Waals surface area (Å²) in [5.41, 5.74) is 0.362. The molecular weight excluding hydrogens is 706 g/mol. The van der Waals surface area contributed by atoms with Crippen molar-refractivity contribution < 1.29 is 53.4 Å². The van der Waals surface area contributed by atoms with Crippen LogP contribution in [-0.2, 0) is 38.0 Å². The molecule has 3 N–H and O–H groups in total. The topological polar surface area (TPSA) is 155 Å². The molecule has 0 aromatic heterocycles. The van der Waals surface area contributed by atoms with E-state index in [0.29, 0.717) is 55.1 Å². The third kappa shape index (κ3) is 8.17. The molecule has 5 heterocycles. The Morgan fingerprint density at radius 2 is 1.80 bits per heavy atom. The van der Waals surface area contributed by atoms with Gasteiger partial charge in [0.05, 0.1) is 37.1 Å². The molecule has 0 amide bonds. The van der Waals surface area contributed by atoms with Crippen molar-refractivity contribution in [3.8, 4) is 0 Å². The van der Waals surface area contributed by atoms with Crippen LogP contribution in [0, 0.1) is 23.7 Å². The van der Waals surface area contributed by atoms with Crippen LogP contribution in [-0.4, -0.2) is 107 Å². The van der Waals surface area contributed by atoms with E-state index in [1.165, 1.54) is 19.3 Å². The molecule has 5 fully saturated rings. The Kier molecular flexibility index (Phi) is 12.5. The third-order valence-electron chi connectivity index (χ3n) is 13.6. The molecule has 4 saturated heterocycles. The molecule has 2 bridgehead atoms. The lowest BCUT2D eigenvalue weighted by molar-refractivity contribution is -0.342. The predicted molar refractivity (Wildman–Crippen MR) is 203 cm³/mol. The van der Waals surface area contributed by atoms with Crippen LogP contribution in [0.4, 0.5) is 0 Å². The van der Waals surface area contributed by atoms with Gasteiger partial charge in [-0.05, 0) is 75.0 Å². The molecule has 0 radical (unpaired) electrons. The molecule has 12 heteroatoms. The number of hydrogen-bond donors (Lipinski definition) is 3. The summed E-state index contributed by atoms with van der Waals surface area (Å²) in [5.74, 6) is -1.83. The van der Waals surface area contributed by atoms with E-state index in [-0.39, 0.29) is 30.4 Å². The summed E-state index contributed by atoms with van der Waals surface area (Å²) in [4.78, 5) is 14.4. The number of carbonyl (C=O) groups is 1. The number of oxime groups is 1. The van der Waals surface area contributed by atoms with Gasteiger partial charge in [0, 0.05) is 38.7 Å². The van der Waals surface area contributed by atoms with Gasteiger partial charge in [0.25, 0.3) is 0 Å². The second-order valence-electron chi connectivity index (χ2n) is 17.4. The van der Waals surface area contributed by atoms with Crippen molar-refractivity contribution in [1.29, 1.82) is 0 Å². The average Bonchev–Trinajstić information content (AvgIpc) is 3.50. The smallest absolute Gasteiger partial charge is 0.316 e. The first kappa shape index (κ1) is 40.8. The van der Waals surface area contributed by atoms with Crippen molar-refractivity contribution in [3.63, 3.8) is 0 Å². The number of ether oxygens (including phenoxy) is 7. The zero-order valence-corrected chi connectivity index (χ0v) is 33.4. The summed E-state index contributed by atoms with van der Waals surface area (Å²) >= 11 is 0. The van der Waals surface area contributed by atoms with Gasteiger partial charge in [0.2, 0.25) is 0 Å². The molecule has 7 aliphatic rings. The fraction of sp³-hybridized carbons (Fsp3) is 0.767. The van der Waals surface area contributed by atoms with Crippen LogP contribution in [0.1, 0.15) is 105 Å². The van der Waals surface area contributed by atoms with Crippen molar-refractivity contribution in [3.05, 3.63) is 47.1 Å². The van der Waals surface area contributed by atoms with E-state index in [0.717, 1.165) is 24.8 Å². The largest absolute Gasteiger partial charge is 0.462 e. The molecule has 1 saturated carbocycles. The van der Waals surface area contributed by atoms with Crippen LogP contribution < -0.4 is 0 Å². The maximum absolute atomic E-state index is 14.4. The molecule has 1 spiro atoms. The minimum atomic E-state index is -1.83. The summed E-state index contributed by atoms with van der Waals surface area (Å²) < 4.78 is 45.1. The molecule has 0 aromatic rings. The van der Waals surface area contributed by atoms with E-state index < -0.39 is 66.2 Å². The Morgan fingerprint density at radius 1 is 1.02 bits per heavy atom. The Hall–Kier alpha value is -2.42. The van der Waals surface area contributed by atoms with E-state index in [9.17, 15) is 20.2 Å². The molecule has 0 aromatic carbocycles. The van der Waals surface area contributed by atoms with Crippen LogP contribution >= 0.6 is 0 Å². The highest BCUT2D eigenvalue weighted by molar-refractivity contribution is 6.06. The quantitative estimate of drug-likeness (QED) is 0.132. The fourth-order valence-corrected chi connectivity index (χ4v) is 10.4. The van der Waals surface area contributed by atoms with Crippen molar-refractivity contribution >= 4 is 11.7 Å². The van der Waals surface area contributed by atoms with Gasteiger partial charge in [-0.1, -0.05) is 68.6 Å². The number of rotatable bonds is 4. The zero-order chi connectivity index (χ0) is 39.1. The van der Waals surface area contributed by atoms with Crippen molar-refractivity contribution in [2.24, 2.45) is 28.8 Å². The average molecular weight is 770 g/mol. The van der Waals surface area contributed by atoms with Gasteiger partial charge in [-0.15, -0.1) is 0 Å². The molecule has 55 heavy (non-hydrogen) atoms. The summed E-state index contributed by atoms with van der Waals surface area (Å²) in [6.45, 7) is 10.0. The number of methoxy groups -OCH3 is 1. The molecule has 5 aliphatic heterocycles. The van der Waals surface area contributed by atoms with Crippen molar-refractivity contribution in [2.45, 2.75) is 172 Å². The Morgan fingerprint density at radius 3 is 2.55 bits per heavy atom. The molecule has 7 rings (SSSR count). The molecular formula is C43H63NO11. The van der Waals surface area contributed by atoms with E-state index in [4.69, 9.17) is 33.2 Å². The Bertz CT molecular complexity index is 1550. The van der Waals surface area contributed by atoms with Crippen LogP contribution in [0.15, 0.2) is 52.3 Å². The van der Waals surface area contributed by atoms with Gasteiger partial charge < -0.3 is 48.6 Å². The number of esters is 1. The summed E-state index contributed by atoms with van der Waals surface area (Å²) in [7, 11) is 1.59. The van der Waals surface area contributed by atoms with E-state index in [1.54, 1.807) is 26.2 Å². The number of carbonyl (C=O) groups excluding carboxylic acids is 1. The first-order chi connectivity index (χ1) is 26.4. The number of allylic oxidation sites excluding steroid dienone is 2. The highest BCUT2D eigenvalue weighted by Gasteiger charge is 2.60. The van der Waals surface area contributed by atoms with Gasteiger partial charge in [-0.3, -0.25) is 4.79 Å². The van der Waals surface area contributed by atoms with Gasteiger partial charge in [0.1, 0.15) is 35.5 Å². The van der Waals surface area contributed by atoms with E-state index >= 15 is 0 Å². The van der Waals surface area contributed by atoms with Gasteiger partial charge >= 0.3 is 5.97 Å². The number of nitrogens with zero attached hydrogens (tertiary/aromatic N) is 1. The second kappa shape index (κ2) is 16.8. The maximum atomic E-state index is 14.4. The number of fused-ring (bicyclic) bond motifs is 2. The minimum Gasteiger partial charge on any atom is -0.462 e. The third-order valence-corrected chi connectivity index (χ3v) is 13.6. The van der Waals surface area contributed by atoms with Crippen LogP contribution in [0.5, 0.6) is 0 Å². The van der Waals surface area contributed by atoms with E-state index in [1.807, 2.05) is 19.1 Å². The van der Waals surface area contributed by atoms with Crippen LogP contribution in [0.2, 0.25) is 0 Å². The first-order valence-electron chi connectivity index (χ1n) is 20.7. The highest BCUT2D eigenvalue weighted by atomic mass is 16.7. The number of hydrogen-bond acceptors (Lipinski definition) is 12. The Balaban J connectivity index is 1.25. The summed E-state index contributed by atoms with van der Waals surface area (Å²) in [6, 6.07) is 0. The molecule has 2 aliphatic carbocycles. The predicted octanol–water partition coefficient (Wildman–Crippen LogP) is 6.07. The normalized spacial score (nSPS) is 47.9. The lowest BCUT2D eigenvalue weighted by Gasteiger charge is -2.51. The summed E-state index contributed by atoms with van der Waals surface area (Å²) in [5, 5.41) is 36.7. The monoisotopic (exact) mass is 769 g/mol. The number of aliphatic hydroxyl groups is 2. The first-order valence-corrected chi connectivity index (χ1v) is 20.7. The van der Waals surface area contributed by atoms with Gasteiger partial charge in [0.15, 0.2) is 12.1 Å². The van der Waals surface area contributed by atoms with Gasteiger partial charge in [-0.25, -0.2) is 0 Å². The lowest BCUT2D eigenvalue weighted by atomic mass is 9.71. The minimum absolute atomic E-state index is 0.0359. The SMILES string of the molecule is COC1CC(OC2/C(C)=C/CC3CC(CC4(CCC(C)C(C5CCCCC5)O4)O3)OC(=O)C3C=C(C)/C(=N\O)C4OC/C(=C\C=C\C2C)C34O)OC(C)C1O. The molecule has 14 unspecified atom stereocenters. The van der Waals surface area contributed by atoms with Crippen molar-refractivity contribution in [1.82, 2.24) is 0 Å². The fourth-order valence-electron chi connectivity index (χ4n) is 10.4.